The van der Waals surface area contributed by atoms with E-state index in [-0.39, 0.29) is 23.5 Å². The topological polar surface area (TPSA) is 80.7 Å². The maximum absolute atomic E-state index is 13.0. The van der Waals surface area contributed by atoms with Crippen molar-refractivity contribution in [2.24, 2.45) is 0 Å². The lowest BCUT2D eigenvalue weighted by Gasteiger charge is -2.11. The van der Waals surface area contributed by atoms with Gasteiger partial charge < -0.3 is 9.84 Å². The highest BCUT2D eigenvalue weighted by molar-refractivity contribution is 6.20. The van der Waals surface area contributed by atoms with Gasteiger partial charge in [-0.05, 0) is 41.7 Å². The van der Waals surface area contributed by atoms with Crippen LogP contribution in [0.2, 0.25) is 0 Å². The lowest BCUT2D eigenvalue weighted by atomic mass is 9.91. The molecule has 1 aliphatic heterocycles. The number of aliphatic hydroxyl groups excluding tert-OH is 1. The molecule has 0 bridgehead atoms. The molecular formula is C26H22O5. The number of esters is 1. The first-order valence-corrected chi connectivity index (χ1v) is 10.2. The highest BCUT2D eigenvalue weighted by Crippen LogP contribution is 2.29. The molecule has 0 amide bonds. The van der Waals surface area contributed by atoms with Gasteiger partial charge in [-0.15, -0.1) is 0 Å². The number of ketones is 2. The minimum atomic E-state index is -0.841. The second-order valence-electron chi connectivity index (χ2n) is 7.65. The fourth-order valence-corrected chi connectivity index (χ4v) is 4.01. The molecule has 4 rings (SSSR count). The van der Waals surface area contributed by atoms with Crippen LogP contribution in [0, 0.1) is 0 Å². The van der Waals surface area contributed by atoms with Crippen molar-refractivity contribution in [3.63, 3.8) is 0 Å². The molecule has 1 unspecified atom stereocenters. The standard InChI is InChI=1S/C26H22O5/c1-16(27)19-13-12-18-9-5-6-10-20(18)21(19)15-22(28)24-25(29)23(31-26(24)30)14-11-17-7-3-2-4-8-17/h2-10,12-13,23,29H,11,14-15H2,1H3. The SMILES string of the molecule is CC(=O)c1ccc2ccccc2c1CC(=O)C1=C(O)C(CCc2ccccc2)OC1=O. The Hall–Kier alpha value is -3.73. The number of carbonyl (C=O) groups excluding carboxylic acids is 3. The molecule has 0 spiro atoms. The molecule has 156 valence electrons. The number of hydrogen-bond donors (Lipinski definition) is 1. The summed E-state index contributed by atoms with van der Waals surface area (Å²) in [6.07, 6.45) is -0.0321. The van der Waals surface area contributed by atoms with E-state index >= 15 is 0 Å². The second-order valence-corrected chi connectivity index (χ2v) is 7.65. The molecule has 0 radical (unpaired) electrons. The van der Waals surface area contributed by atoms with Crippen LogP contribution in [0.15, 0.2) is 78.1 Å². The van der Waals surface area contributed by atoms with Crippen molar-refractivity contribution < 1.29 is 24.2 Å². The average Bonchev–Trinajstić information content (AvgIpc) is 3.06. The molecule has 1 heterocycles. The van der Waals surface area contributed by atoms with E-state index in [0.717, 1.165) is 16.3 Å². The largest absolute Gasteiger partial charge is 0.507 e. The number of cyclic esters (lactones) is 1. The number of aryl methyl sites for hydroxylation is 1. The fourth-order valence-electron chi connectivity index (χ4n) is 4.01. The van der Waals surface area contributed by atoms with Gasteiger partial charge in [0.05, 0.1) is 0 Å². The molecule has 1 N–H and O–H groups in total. The Morgan fingerprint density at radius 3 is 2.42 bits per heavy atom. The third-order valence-electron chi connectivity index (χ3n) is 5.59. The van der Waals surface area contributed by atoms with Crippen LogP contribution in [0.25, 0.3) is 10.8 Å². The van der Waals surface area contributed by atoms with Gasteiger partial charge in [-0.2, -0.15) is 0 Å². The molecule has 0 aromatic heterocycles. The molecule has 5 nitrogen and oxygen atoms in total. The number of benzene rings is 3. The predicted octanol–water partition coefficient (Wildman–Crippen LogP) is 4.52. The van der Waals surface area contributed by atoms with E-state index in [4.69, 9.17) is 4.74 Å². The molecule has 0 saturated heterocycles. The minimum absolute atomic E-state index is 0.165. The third-order valence-corrected chi connectivity index (χ3v) is 5.59. The van der Waals surface area contributed by atoms with Crippen LogP contribution in [-0.4, -0.2) is 28.7 Å². The Balaban J connectivity index is 1.61. The lowest BCUT2D eigenvalue weighted by molar-refractivity contribution is -0.141. The van der Waals surface area contributed by atoms with Crippen molar-refractivity contribution in [1.82, 2.24) is 0 Å². The predicted molar refractivity (Wildman–Crippen MR) is 117 cm³/mol. The minimum Gasteiger partial charge on any atom is -0.507 e. The Kier molecular flexibility index (Phi) is 5.67. The van der Waals surface area contributed by atoms with Gasteiger partial charge in [-0.3, -0.25) is 9.59 Å². The summed E-state index contributed by atoms with van der Waals surface area (Å²) >= 11 is 0. The Labute approximate surface area is 180 Å². The Morgan fingerprint density at radius 2 is 1.68 bits per heavy atom. The lowest BCUT2D eigenvalue weighted by Crippen LogP contribution is -2.15. The van der Waals surface area contributed by atoms with E-state index in [1.807, 2.05) is 60.7 Å². The van der Waals surface area contributed by atoms with E-state index in [1.54, 1.807) is 6.07 Å². The summed E-state index contributed by atoms with van der Waals surface area (Å²) in [7, 11) is 0. The molecule has 0 fully saturated rings. The summed E-state index contributed by atoms with van der Waals surface area (Å²) in [6.45, 7) is 1.44. The highest BCUT2D eigenvalue weighted by Gasteiger charge is 2.38. The van der Waals surface area contributed by atoms with Gasteiger partial charge in [0.15, 0.2) is 23.4 Å². The van der Waals surface area contributed by atoms with E-state index in [1.165, 1.54) is 6.92 Å². The molecule has 3 aromatic rings. The number of hydrogen-bond acceptors (Lipinski definition) is 5. The van der Waals surface area contributed by atoms with Crippen LogP contribution < -0.4 is 0 Å². The normalized spacial score (nSPS) is 15.9. The van der Waals surface area contributed by atoms with Crippen molar-refractivity contribution in [1.29, 1.82) is 0 Å². The summed E-state index contributed by atoms with van der Waals surface area (Å²) in [6, 6.07) is 20.6. The van der Waals surface area contributed by atoms with Crippen LogP contribution >= 0.6 is 0 Å². The molecule has 31 heavy (non-hydrogen) atoms. The van der Waals surface area contributed by atoms with Crippen molar-refractivity contribution in [2.45, 2.75) is 32.3 Å². The fraction of sp³-hybridized carbons (Fsp3) is 0.192. The molecule has 0 saturated carbocycles. The molecule has 0 aliphatic carbocycles. The zero-order valence-corrected chi connectivity index (χ0v) is 17.1. The summed E-state index contributed by atoms with van der Waals surface area (Å²) in [4.78, 5) is 37.6. The van der Waals surface area contributed by atoms with E-state index in [9.17, 15) is 19.5 Å². The molecule has 3 aromatic carbocycles. The first kappa shape index (κ1) is 20.5. The van der Waals surface area contributed by atoms with Gasteiger partial charge in [0.1, 0.15) is 5.57 Å². The summed E-state index contributed by atoms with van der Waals surface area (Å²) in [5.41, 5.74) is 1.71. The number of aliphatic hydroxyl groups is 1. The van der Waals surface area contributed by atoms with Crippen molar-refractivity contribution >= 4 is 28.3 Å². The highest BCUT2D eigenvalue weighted by atomic mass is 16.6. The summed E-state index contributed by atoms with van der Waals surface area (Å²) in [5.74, 6) is -1.86. The molecule has 1 aliphatic rings. The summed E-state index contributed by atoms with van der Waals surface area (Å²) in [5, 5.41) is 12.2. The maximum atomic E-state index is 13.0. The van der Waals surface area contributed by atoms with Gasteiger partial charge in [-0.25, -0.2) is 4.79 Å². The maximum Gasteiger partial charge on any atom is 0.346 e. The molecule has 5 heteroatoms. The smallest absolute Gasteiger partial charge is 0.346 e. The third kappa shape index (κ3) is 4.12. The number of rotatable bonds is 7. The van der Waals surface area contributed by atoms with Crippen molar-refractivity contribution in [3.05, 3.63) is 94.8 Å². The zero-order chi connectivity index (χ0) is 22.0. The van der Waals surface area contributed by atoms with Gasteiger partial charge >= 0.3 is 5.97 Å². The van der Waals surface area contributed by atoms with E-state index in [0.29, 0.717) is 24.0 Å². The zero-order valence-electron chi connectivity index (χ0n) is 17.1. The molecular weight excluding hydrogens is 392 g/mol. The van der Waals surface area contributed by atoms with Gasteiger partial charge in [-0.1, -0.05) is 66.7 Å². The van der Waals surface area contributed by atoms with Crippen LogP contribution in [0.1, 0.15) is 34.8 Å². The Bertz CT molecular complexity index is 1210. The van der Waals surface area contributed by atoms with Gasteiger partial charge in [0.2, 0.25) is 0 Å². The number of fused-ring (bicyclic) bond motifs is 1. The Morgan fingerprint density at radius 1 is 0.968 bits per heavy atom. The number of ether oxygens (including phenoxy) is 1. The first-order chi connectivity index (χ1) is 15.0. The first-order valence-electron chi connectivity index (χ1n) is 10.2. The van der Waals surface area contributed by atoms with Crippen molar-refractivity contribution in [2.75, 3.05) is 0 Å². The number of Topliss-reactive ketones (excluding diaryl/α,β-unsaturated/α-hetero) is 2. The van der Waals surface area contributed by atoms with Crippen LogP contribution in [0.5, 0.6) is 0 Å². The summed E-state index contributed by atoms with van der Waals surface area (Å²) < 4.78 is 5.28. The van der Waals surface area contributed by atoms with E-state index in [2.05, 4.69) is 0 Å². The van der Waals surface area contributed by atoms with Gasteiger partial charge in [0, 0.05) is 12.0 Å². The monoisotopic (exact) mass is 414 g/mol. The number of carbonyl (C=O) groups is 3. The van der Waals surface area contributed by atoms with Crippen LogP contribution in [0.3, 0.4) is 0 Å². The van der Waals surface area contributed by atoms with Gasteiger partial charge in [0.25, 0.3) is 0 Å². The molecule has 1 atom stereocenters. The van der Waals surface area contributed by atoms with Crippen LogP contribution in [0.4, 0.5) is 0 Å². The average molecular weight is 414 g/mol. The quantitative estimate of drug-likeness (QED) is 0.349. The van der Waals surface area contributed by atoms with Crippen LogP contribution in [-0.2, 0) is 27.2 Å². The van der Waals surface area contributed by atoms with E-state index < -0.39 is 17.9 Å². The second kappa shape index (κ2) is 8.56. The van der Waals surface area contributed by atoms with Crippen molar-refractivity contribution in [3.8, 4) is 0 Å².